The Hall–Kier alpha value is -2.02. The quantitative estimate of drug-likeness (QED) is 0.806. The van der Waals surface area contributed by atoms with Crippen LogP contribution in [0.3, 0.4) is 0 Å². The summed E-state index contributed by atoms with van der Waals surface area (Å²) in [6.45, 7) is 1.44. The first-order valence-corrected chi connectivity index (χ1v) is 11.2. The summed E-state index contributed by atoms with van der Waals surface area (Å²) in [5.41, 5.74) is -0.501. The molecule has 4 rings (SSSR count). The van der Waals surface area contributed by atoms with Crippen LogP contribution < -0.4 is 5.32 Å². The standard InChI is InChI=1S/C23H30F2N2O3/c24-19-8-4-7-18(20(19)25)22(29)27-13-11-23(12-14-27)10-9-17(30-23)15-26-21(28)16-5-2-1-3-6-16/h4,7-8,16-17H,1-3,5-6,9-15H2,(H,26,28)/t17-/m0/s1. The molecule has 3 fully saturated rings. The van der Waals surface area contributed by atoms with Gasteiger partial charge >= 0.3 is 0 Å². The lowest BCUT2D eigenvalue weighted by atomic mass is 9.88. The van der Waals surface area contributed by atoms with E-state index in [2.05, 4.69) is 5.32 Å². The number of carbonyl (C=O) groups is 2. The first-order chi connectivity index (χ1) is 14.5. The van der Waals surface area contributed by atoms with Gasteiger partial charge in [0.2, 0.25) is 5.91 Å². The van der Waals surface area contributed by atoms with Crippen molar-refractivity contribution in [1.29, 1.82) is 0 Å². The van der Waals surface area contributed by atoms with Crippen molar-refractivity contribution in [3.05, 3.63) is 35.4 Å². The van der Waals surface area contributed by atoms with Crippen molar-refractivity contribution in [2.24, 2.45) is 5.92 Å². The summed E-state index contributed by atoms with van der Waals surface area (Å²) in [6.07, 6.45) is 8.58. The molecule has 0 aromatic heterocycles. The van der Waals surface area contributed by atoms with E-state index >= 15 is 0 Å². The number of hydrogen-bond acceptors (Lipinski definition) is 3. The van der Waals surface area contributed by atoms with E-state index in [9.17, 15) is 18.4 Å². The van der Waals surface area contributed by atoms with Crippen molar-refractivity contribution >= 4 is 11.8 Å². The van der Waals surface area contributed by atoms with Crippen molar-refractivity contribution in [2.45, 2.75) is 69.5 Å². The van der Waals surface area contributed by atoms with Crippen LogP contribution in [0.15, 0.2) is 18.2 Å². The van der Waals surface area contributed by atoms with Gasteiger partial charge in [-0.1, -0.05) is 25.3 Å². The molecule has 5 nitrogen and oxygen atoms in total. The van der Waals surface area contributed by atoms with E-state index in [1.807, 2.05) is 0 Å². The second-order valence-electron chi connectivity index (χ2n) is 8.94. The highest BCUT2D eigenvalue weighted by Gasteiger charge is 2.43. The number of nitrogens with zero attached hydrogens (tertiary/aromatic N) is 1. The minimum Gasteiger partial charge on any atom is -0.370 e. The van der Waals surface area contributed by atoms with Gasteiger partial charge in [0.15, 0.2) is 11.6 Å². The number of ether oxygens (including phenoxy) is 1. The molecule has 1 atom stereocenters. The van der Waals surface area contributed by atoms with E-state index in [0.29, 0.717) is 32.5 Å². The van der Waals surface area contributed by atoms with Crippen LogP contribution in [0.2, 0.25) is 0 Å². The molecule has 0 bridgehead atoms. The van der Waals surface area contributed by atoms with Gasteiger partial charge in [-0.2, -0.15) is 0 Å². The summed E-state index contributed by atoms with van der Waals surface area (Å²) in [6, 6.07) is 3.68. The zero-order chi connectivity index (χ0) is 21.1. The van der Waals surface area contributed by atoms with Crippen molar-refractivity contribution in [3.8, 4) is 0 Å². The molecule has 2 aliphatic heterocycles. The predicted octanol–water partition coefficient (Wildman–Crippen LogP) is 3.82. The Kier molecular flexibility index (Phi) is 6.37. The lowest BCUT2D eigenvalue weighted by molar-refractivity contribution is -0.127. The molecule has 30 heavy (non-hydrogen) atoms. The van der Waals surface area contributed by atoms with Crippen LogP contribution in [0.5, 0.6) is 0 Å². The molecule has 7 heteroatoms. The van der Waals surface area contributed by atoms with Crippen molar-refractivity contribution in [3.63, 3.8) is 0 Å². The molecule has 1 aromatic rings. The lowest BCUT2D eigenvalue weighted by Gasteiger charge is -2.39. The Morgan fingerprint density at radius 1 is 1.07 bits per heavy atom. The van der Waals surface area contributed by atoms with Gasteiger partial charge in [0.25, 0.3) is 5.91 Å². The van der Waals surface area contributed by atoms with E-state index < -0.39 is 17.5 Å². The van der Waals surface area contributed by atoms with Crippen molar-refractivity contribution in [1.82, 2.24) is 10.2 Å². The number of halogens is 2. The fraction of sp³-hybridized carbons (Fsp3) is 0.652. The Morgan fingerprint density at radius 2 is 1.80 bits per heavy atom. The Balaban J connectivity index is 1.26. The van der Waals surface area contributed by atoms with Crippen LogP contribution in [-0.2, 0) is 9.53 Å². The highest BCUT2D eigenvalue weighted by Crippen LogP contribution is 2.39. The SMILES string of the molecule is O=C(NC[C@@H]1CCC2(CCN(C(=O)c3cccc(F)c3F)CC2)O1)C1CCCCC1. The Labute approximate surface area is 176 Å². The summed E-state index contributed by atoms with van der Waals surface area (Å²) >= 11 is 0. The molecule has 2 amide bonds. The van der Waals surface area contributed by atoms with Gasteiger partial charge in [0.1, 0.15) is 0 Å². The number of rotatable bonds is 4. The molecule has 0 radical (unpaired) electrons. The fourth-order valence-electron chi connectivity index (χ4n) is 5.09. The van der Waals surface area contributed by atoms with E-state index in [0.717, 1.165) is 44.6 Å². The molecule has 0 unspecified atom stereocenters. The minimum atomic E-state index is -1.09. The molecule has 1 N–H and O–H groups in total. The highest BCUT2D eigenvalue weighted by molar-refractivity contribution is 5.94. The fourth-order valence-corrected chi connectivity index (χ4v) is 5.09. The Bertz CT molecular complexity index is 787. The first kappa shape index (κ1) is 21.2. The van der Waals surface area contributed by atoms with Gasteiger partial charge in [0, 0.05) is 25.6 Å². The molecule has 1 aromatic carbocycles. The molecule has 2 saturated heterocycles. The van der Waals surface area contributed by atoms with E-state index in [-0.39, 0.29) is 29.1 Å². The van der Waals surface area contributed by atoms with Crippen LogP contribution >= 0.6 is 0 Å². The summed E-state index contributed by atoms with van der Waals surface area (Å²) < 4.78 is 33.7. The summed E-state index contributed by atoms with van der Waals surface area (Å²) in [5.74, 6) is -2.28. The van der Waals surface area contributed by atoms with Gasteiger partial charge in [-0.25, -0.2) is 8.78 Å². The molecule has 1 spiro atoms. The number of nitrogens with one attached hydrogen (secondary N) is 1. The van der Waals surface area contributed by atoms with Crippen LogP contribution in [0, 0.1) is 17.6 Å². The Morgan fingerprint density at radius 3 is 2.53 bits per heavy atom. The summed E-state index contributed by atoms with van der Waals surface area (Å²) in [7, 11) is 0. The second kappa shape index (κ2) is 9.00. The van der Waals surface area contributed by atoms with Crippen molar-refractivity contribution < 1.29 is 23.1 Å². The number of likely N-dealkylation sites (tertiary alicyclic amines) is 1. The maximum absolute atomic E-state index is 14.0. The average Bonchev–Trinajstić information content (AvgIpc) is 3.17. The summed E-state index contributed by atoms with van der Waals surface area (Å²) in [5, 5.41) is 3.07. The van der Waals surface area contributed by atoms with E-state index in [4.69, 9.17) is 4.74 Å². The predicted molar refractivity (Wildman–Crippen MR) is 108 cm³/mol. The van der Waals surface area contributed by atoms with Gasteiger partial charge in [0.05, 0.1) is 17.3 Å². The largest absolute Gasteiger partial charge is 0.370 e. The zero-order valence-corrected chi connectivity index (χ0v) is 17.3. The molecule has 164 valence electrons. The number of benzene rings is 1. The average molecular weight is 421 g/mol. The third kappa shape index (κ3) is 4.51. The molecular formula is C23H30F2N2O3. The third-order valence-electron chi connectivity index (χ3n) is 6.96. The van der Waals surface area contributed by atoms with Crippen molar-refractivity contribution in [2.75, 3.05) is 19.6 Å². The van der Waals surface area contributed by atoms with Gasteiger partial charge in [-0.15, -0.1) is 0 Å². The van der Waals surface area contributed by atoms with Gasteiger partial charge in [-0.05, 0) is 50.7 Å². The lowest BCUT2D eigenvalue weighted by Crippen LogP contribution is -2.47. The normalized spacial score (nSPS) is 24.2. The number of hydrogen-bond donors (Lipinski definition) is 1. The highest BCUT2D eigenvalue weighted by atomic mass is 19.2. The van der Waals surface area contributed by atoms with E-state index in [1.165, 1.54) is 18.6 Å². The number of amides is 2. The number of piperidine rings is 1. The van der Waals surface area contributed by atoms with Crippen LogP contribution in [0.25, 0.3) is 0 Å². The maximum atomic E-state index is 14.0. The van der Waals surface area contributed by atoms with Gasteiger partial charge in [-0.3, -0.25) is 9.59 Å². The second-order valence-corrected chi connectivity index (χ2v) is 8.94. The number of carbonyl (C=O) groups excluding carboxylic acids is 2. The zero-order valence-electron chi connectivity index (χ0n) is 17.3. The molecule has 3 aliphatic rings. The third-order valence-corrected chi connectivity index (χ3v) is 6.96. The van der Waals surface area contributed by atoms with Crippen LogP contribution in [0.4, 0.5) is 8.78 Å². The van der Waals surface area contributed by atoms with E-state index in [1.54, 1.807) is 4.90 Å². The first-order valence-electron chi connectivity index (χ1n) is 11.2. The smallest absolute Gasteiger partial charge is 0.256 e. The molecular weight excluding hydrogens is 390 g/mol. The summed E-state index contributed by atoms with van der Waals surface area (Å²) in [4.78, 5) is 26.5. The maximum Gasteiger partial charge on any atom is 0.256 e. The van der Waals surface area contributed by atoms with Gasteiger partial charge < -0.3 is 15.0 Å². The van der Waals surface area contributed by atoms with Crippen LogP contribution in [0.1, 0.15) is 68.1 Å². The topological polar surface area (TPSA) is 58.6 Å². The molecule has 1 aliphatic carbocycles. The molecule has 2 heterocycles. The minimum absolute atomic E-state index is 0.000422. The molecule has 1 saturated carbocycles. The monoisotopic (exact) mass is 420 g/mol. The van der Waals surface area contributed by atoms with Crippen LogP contribution in [-0.4, -0.2) is 48.1 Å².